The minimum atomic E-state index is -1.08. The fourth-order valence-corrected chi connectivity index (χ4v) is 4.58. The van der Waals surface area contributed by atoms with Crippen molar-refractivity contribution in [2.45, 2.75) is 19.2 Å². The SMILES string of the molecule is N#Cc1cccc2c3cc(-c4ccccc4)n(CC(O)CO)c(=O)c3n(Cc3ccccc3)c12. The molecule has 0 aliphatic carbocycles. The van der Waals surface area contributed by atoms with Crippen LogP contribution in [0.4, 0.5) is 0 Å². The minimum Gasteiger partial charge on any atom is -0.394 e. The topological polar surface area (TPSA) is 91.2 Å². The van der Waals surface area contributed by atoms with Crippen LogP contribution in [0.25, 0.3) is 33.1 Å². The molecular formula is C28H23N3O3. The molecule has 2 heterocycles. The van der Waals surface area contributed by atoms with Crippen LogP contribution in [0.2, 0.25) is 0 Å². The van der Waals surface area contributed by atoms with Crippen molar-refractivity contribution < 1.29 is 10.2 Å². The molecule has 168 valence electrons. The van der Waals surface area contributed by atoms with E-state index >= 15 is 0 Å². The van der Waals surface area contributed by atoms with Crippen LogP contribution >= 0.6 is 0 Å². The lowest BCUT2D eigenvalue weighted by atomic mass is 10.1. The molecule has 2 N–H and O–H groups in total. The van der Waals surface area contributed by atoms with Crippen molar-refractivity contribution in [2.75, 3.05) is 6.61 Å². The predicted molar refractivity (Wildman–Crippen MR) is 132 cm³/mol. The summed E-state index contributed by atoms with van der Waals surface area (Å²) in [6.45, 7) is -0.0836. The molecule has 0 aliphatic heterocycles. The van der Waals surface area contributed by atoms with Crippen LogP contribution < -0.4 is 5.56 Å². The highest BCUT2D eigenvalue weighted by molar-refractivity contribution is 6.10. The first-order valence-electron chi connectivity index (χ1n) is 11.1. The third-order valence-corrected chi connectivity index (χ3v) is 6.12. The Kier molecular flexibility index (Phi) is 5.72. The largest absolute Gasteiger partial charge is 0.394 e. The number of para-hydroxylation sites is 1. The number of rotatable bonds is 6. The third kappa shape index (κ3) is 3.67. The van der Waals surface area contributed by atoms with Gasteiger partial charge in [-0.15, -0.1) is 0 Å². The number of hydrogen-bond acceptors (Lipinski definition) is 4. The van der Waals surface area contributed by atoms with Crippen LogP contribution in [-0.4, -0.2) is 32.1 Å². The van der Waals surface area contributed by atoms with Gasteiger partial charge in [-0.1, -0.05) is 72.8 Å². The zero-order chi connectivity index (χ0) is 23.7. The normalized spacial score (nSPS) is 12.1. The van der Waals surface area contributed by atoms with Gasteiger partial charge in [-0.05, 0) is 23.3 Å². The highest BCUT2D eigenvalue weighted by Crippen LogP contribution is 2.33. The van der Waals surface area contributed by atoms with Gasteiger partial charge in [-0.2, -0.15) is 5.26 Å². The molecule has 0 radical (unpaired) electrons. The summed E-state index contributed by atoms with van der Waals surface area (Å²) >= 11 is 0. The molecule has 0 amide bonds. The van der Waals surface area contributed by atoms with Gasteiger partial charge in [0.05, 0.1) is 36.0 Å². The molecule has 6 nitrogen and oxygen atoms in total. The fourth-order valence-electron chi connectivity index (χ4n) is 4.58. The van der Waals surface area contributed by atoms with Gasteiger partial charge in [0.2, 0.25) is 0 Å². The molecule has 6 heteroatoms. The predicted octanol–water partition coefficient (Wildman–Crippen LogP) is 3.90. The first-order chi connectivity index (χ1) is 16.6. The van der Waals surface area contributed by atoms with Gasteiger partial charge in [0, 0.05) is 17.3 Å². The van der Waals surface area contributed by atoms with E-state index in [4.69, 9.17) is 0 Å². The standard InChI is InChI=1S/C28H23N3O3/c29-15-21-12-7-13-23-24-14-25(20-10-5-2-6-11-20)30(17-22(33)18-32)28(34)27(24)31(26(21)23)16-19-8-3-1-4-9-19/h1-14,22,32-33H,16-18H2. The molecular weight excluding hydrogens is 426 g/mol. The van der Waals surface area contributed by atoms with Crippen LogP contribution in [0.15, 0.2) is 89.7 Å². The summed E-state index contributed by atoms with van der Waals surface area (Å²) in [5.41, 5.74) is 3.86. The molecule has 0 saturated heterocycles. The van der Waals surface area contributed by atoms with E-state index in [1.54, 1.807) is 6.07 Å². The minimum absolute atomic E-state index is 0.0481. The van der Waals surface area contributed by atoms with Gasteiger partial charge in [-0.3, -0.25) is 4.79 Å². The molecule has 0 bridgehead atoms. The summed E-state index contributed by atoms with van der Waals surface area (Å²) in [6.07, 6.45) is -1.08. The van der Waals surface area contributed by atoms with Gasteiger partial charge in [0.15, 0.2) is 0 Å². The zero-order valence-electron chi connectivity index (χ0n) is 18.4. The summed E-state index contributed by atoms with van der Waals surface area (Å²) < 4.78 is 3.42. The van der Waals surface area contributed by atoms with E-state index in [0.29, 0.717) is 28.8 Å². The molecule has 1 unspecified atom stereocenters. The van der Waals surface area contributed by atoms with Gasteiger partial charge < -0.3 is 19.3 Å². The number of pyridine rings is 1. The lowest BCUT2D eigenvalue weighted by Gasteiger charge is -2.17. The number of fused-ring (bicyclic) bond motifs is 3. The van der Waals surface area contributed by atoms with Crippen LogP contribution in [-0.2, 0) is 13.1 Å². The summed E-state index contributed by atoms with van der Waals surface area (Å²) in [4.78, 5) is 14.0. The Balaban J connectivity index is 1.91. The third-order valence-electron chi connectivity index (χ3n) is 6.12. The number of aliphatic hydroxyl groups is 2. The molecule has 1 atom stereocenters. The Morgan fingerprint density at radius 3 is 2.24 bits per heavy atom. The number of nitrogens with zero attached hydrogens (tertiary/aromatic N) is 3. The van der Waals surface area contributed by atoms with Crippen molar-refractivity contribution in [3.63, 3.8) is 0 Å². The van der Waals surface area contributed by atoms with E-state index in [1.165, 1.54) is 4.57 Å². The van der Waals surface area contributed by atoms with Crippen molar-refractivity contribution >= 4 is 21.8 Å². The molecule has 3 aromatic carbocycles. The van der Waals surface area contributed by atoms with E-state index in [9.17, 15) is 20.3 Å². The monoisotopic (exact) mass is 449 g/mol. The highest BCUT2D eigenvalue weighted by Gasteiger charge is 2.22. The molecule has 0 fully saturated rings. The Labute approximate surface area is 196 Å². The molecule has 2 aromatic heterocycles. The molecule has 0 aliphatic rings. The lowest BCUT2D eigenvalue weighted by molar-refractivity contribution is 0.0809. The number of aliphatic hydroxyl groups excluding tert-OH is 2. The molecule has 0 saturated carbocycles. The second-order valence-electron chi connectivity index (χ2n) is 8.30. The molecule has 0 spiro atoms. The Morgan fingerprint density at radius 1 is 0.853 bits per heavy atom. The number of aromatic nitrogens is 2. The number of nitriles is 1. The van der Waals surface area contributed by atoms with Crippen molar-refractivity contribution in [1.82, 2.24) is 9.13 Å². The molecule has 34 heavy (non-hydrogen) atoms. The van der Waals surface area contributed by atoms with Crippen molar-refractivity contribution in [3.05, 3.63) is 106 Å². The summed E-state index contributed by atoms with van der Waals surface area (Å²) in [6, 6.07) is 29.0. The van der Waals surface area contributed by atoms with E-state index in [1.807, 2.05) is 83.4 Å². The van der Waals surface area contributed by atoms with Crippen LogP contribution in [0.3, 0.4) is 0 Å². The highest BCUT2D eigenvalue weighted by atomic mass is 16.3. The van der Waals surface area contributed by atoms with Gasteiger partial charge in [-0.25, -0.2) is 0 Å². The van der Waals surface area contributed by atoms with Gasteiger partial charge in [0.1, 0.15) is 11.6 Å². The van der Waals surface area contributed by atoms with Crippen molar-refractivity contribution in [2.24, 2.45) is 0 Å². The molecule has 5 aromatic rings. The van der Waals surface area contributed by atoms with Crippen LogP contribution in [0.5, 0.6) is 0 Å². The maximum absolute atomic E-state index is 14.0. The molecule has 5 rings (SSSR count). The zero-order valence-corrected chi connectivity index (χ0v) is 18.4. The maximum atomic E-state index is 14.0. The van der Waals surface area contributed by atoms with Crippen LogP contribution in [0, 0.1) is 11.3 Å². The second-order valence-corrected chi connectivity index (χ2v) is 8.30. The summed E-state index contributed by atoms with van der Waals surface area (Å²) in [7, 11) is 0. The smallest absolute Gasteiger partial charge is 0.275 e. The maximum Gasteiger partial charge on any atom is 0.275 e. The van der Waals surface area contributed by atoms with Crippen molar-refractivity contribution in [1.29, 1.82) is 5.26 Å². The second kappa shape index (κ2) is 8.99. The first kappa shape index (κ1) is 21.7. The average molecular weight is 450 g/mol. The summed E-state index contributed by atoms with van der Waals surface area (Å²) in [5, 5.41) is 31.2. The van der Waals surface area contributed by atoms with Gasteiger partial charge in [0.25, 0.3) is 5.56 Å². The summed E-state index contributed by atoms with van der Waals surface area (Å²) in [5.74, 6) is 0. The Bertz CT molecular complexity index is 1580. The van der Waals surface area contributed by atoms with E-state index in [2.05, 4.69) is 6.07 Å². The Hall–Kier alpha value is -4.18. The lowest BCUT2D eigenvalue weighted by Crippen LogP contribution is -2.30. The Morgan fingerprint density at radius 2 is 1.56 bits per heavy atom. The van der Waals surface area contributed by atoms with Crippen LogP contribution in [0.1, 0.15) is 11.1 Å². The quantitative estimate of drug-likeness (QED) is 0.411. The first-order valence-corrected chi connectivity index (χ1v) is 11.1. The average Bonchev–Trinajstić information content (AvgIpc) is 3.20. The number of benzene rings is 3. The van der Waals surface area contributed by atoms with E-state index in [-0.39, 0.29) is 12.1 Å². The van der Waals surface area contributed by atoms with Crippen molar-refractivity contribution in [3.8, 4) is 17.3 Å². The van der Waals surface area contributed by atoms with E-state index in [0.717, 1.165) is 21.9 Å². The van der Waals surface area contributed by atoms with Gasteiger partial charge >= 0.3 is 0 Å². The fraction of sp³-hybridized carbons (Fsp3) is 0.143. The van der Waals surface area contributed by atoms with E-state index < -0.39 is 12.7 Å². The number of hydrogen-bond donors (Lipinski definition) is 2.